The van der Waals surface area contributed by atoms with Gasteiger partial charge in [-0.15, -0.1) is 5.10 Å². The van der Waals surface area contributed by atoms with E-state index in [1.807, 2.05) is 25.1 Å². The Balaban J connectivity index is 1.21. The zero-order valence-corrected chi connectivity index (χ0v) is 20.6. The average molecular weight is 470 g/mol. The molecule has 0 saturated heterocycles. The fourth-order valence-electron chi connectivity index (χ4n) is 8.97. The van der Waals surface area contributed by atoms with Crippen molar-refractivity contribution in [2.75, 3.05) is 0 Å². The van der Waals surface area contributed by atoms with Gasteiger partial charge in [0.2, 0.25) is 0 Å². The van der Waals surface area contributed by atoms with Gasteiger partial charge in [-0.3, -0.25) is 4.79 Å². The van der Waals surface area contributed by atoms with Crippen molar-refractivity contribution in [3.05, 3.63) is 23.2 Å². The van der Waals surface area contributed by atoms with Crippen LogP contribution in [0.5, 0.6) is 0 Å². The summed E-state index contributed by atoms with van der Waals surface area (Å²) in [6.45, 7) is 4.71. The van der Waals surface area contributed by atoms with Crippen molar-refractivity contribution in [3.63, 3.8) is 0 Å². The predicted molar refractivity (Wildman–Crippen MR) is 129 cm³/mol. The topological polar surface area (TPSA) is 68.0 Å². The molecule has 0 bridgehead atoms. The zero-order chi connectivity index (χ0) is 23.0. The number of fused-ring (bicyclic) bond motifs is 6. The molecule has 4 fully saturated rings. The van der Waals surface area contributed by atoms with Crippen LogP contribution in [0.4, 0.5) is 0 Å². The first-order valence-electron chi connectivity index (χ1n) is 13.0. The molecule has 4 aliphatic rings. The van der Waals surface area contributed by atoms with E-state index in [1.165, 1.54) is 32.1 Å². The van der Waals surface area contributed by atoms with Crippen molar-refractivity contribution < 1.29 is 9.90 Å². The van der Waals surface area contributed by atoms with Crippen molar-refractivity contribution in [1.29, 1.82) is 0 Å². The molecule has 1 aromatic carbocycles. The van der Waals surface area contributed by atoms with Gasteiger partial charge in [-0.05, 0) is 112 Å². The molecule has 1 heterocycles. The Morgan fingerprint density at radius 2 is 1.91 bits per heavy atom. The molecule has 0 radical (unpaired) electrons. The third-order valence-corrected chi connectivity index (χ3v) is 10.7. The van der Waals surface area contributed by atoms with Crippen LogP contribution in [0.2, 0.25) is 5.02 Å². The molecule has 2 aromatic rings. The molecule has 8 unspecified atom stereocenters. The van der Waals surface area contributed by atoms with Gasteiger partial charge in [-0.25, -0.2) is 4.68 Å². The van der Waals surface area contributed by atoms with Crippen LogP contribution in [0.3, 0.4) is 0 Å². The molecule has 4 saturated carbocycles. The first-order chi connectivity index (χ1) is 15.8. The standard InChI is InChI=1S/C27H36ClN3O2/c1-26(33)12-10-17-16(14-26)6-7-19-18(17)11-13-27(2)20(19)8-9-21(27)24(32)15-31-25-22(28)4-3-5-23(25)29-30-31/h3-5,16-21,33H,6-15H2,1-2H3. The number of carbonyl (C=O) groups is 1. The molecule has 8 atom stereocenters. The van der Waals surface area contributed by atoms with Crippen LogP contribution in [0.15, 0.2) is 18.2 Å². The summed E-state index contributed by atoms with van der Waals surface area (Å²) in [5, 5.41) is 19.7. The van der Waals surface area contributed by atoms with Gasteiger partial charge in [0.05, 0.1) is 10.6 Å². The Bertz CT molecular complexity index is 1080. The minimum absolute atomic E-state index is 0.103. The Labute approximate surface area is 201 Å². The van der Waals surface area contributed by atoms with Crippen molar-refractivity contribution in [3.8, 4) is 0 Å². The number of benzene rings is 1. The van der Waals surface area contributed by atoms with Gasteiger partial charge in [-0.2, -0.15) is 0 Å². The number of aliphatic hydroxyl groups is 1. The molecule has 6 heteroatoms. The number of halogens is 1. The SMILES string of the molecule is CC1(O)CCC2C(CCC3C2CCC2(C)C(C(=O)Cn4nnc5cccc(Cl)c54)CCC32)C1. The molecule has 178 valence electrons. The smallest absolute Gasteiger partial charge is 0.157 e. The number of hydrogen-bond acceptors (Lipinski definition) is 4. The lowest BCUT2D eigenvalue weighted by Crippen LogP contribution is -2.51. The highest BCUT2D eigenvalue weighted by molar-refractivity contribution is 6.34. The monoisotopic (exact) mass is 469 g/mol. The number of aromatic nitrogens is 3. The van der Waals surface area contributed by atoms with Gasteiger partial charge in [0, 0.05) is 5.92 Å². The van der Waals surface area contributed by atoms with Crippen LogP contribution >= 0.6 is 11.6 Å². The van der Waals surface area contributed by atoms with E-state index in [4.69, 9.17) is 11.6 Å². The molecule has 33 heavy (non-hydrogen) atoms. The Hall–Kier alpha value is -1.46. The maximum absolute atomic E-state index is 13.6. The third-order valence-electron chi connectivity index (χ3n) is 10.4. The highest BCUT2D eigenvalue weighted by atomic mass is 35.5. The van der Waals surface area contributed by atoms with E-state index < -0.39 is 5.60 Å². The number of para-hydroxylation sites is 1. The van der Waals surface area contributed by atoms with Crippen molar-refractivity contribution in [2.24, 2.45) is 40.9 Å². The van der Waals surface area contributed by atoms with Gasteiger partial charge in [0.1, 0.15) is 17.6 Å². The van der Waals surface area contributed by atoms with Crippen LogP contribution in [-0.2, 0) is 11.3 Å². The molecular weight excluding hydrogens is 434 g/mol. The minimum atomic E-state index is -0.462. The van der Waals surface area contributed by atoms with Crippen LogP contribution in [0.1, 0.15) is 71.6 Å². The Morgan fingerprint density at radius 1 is 1.09 bits per heavy atom. The molecule has 4 aliphatic carbocycles. The summed E-state index contributed by atoms with van der Waals surface area (Å²) >= 11 is 6.41. The molecule has 1 aromatic heterocycles. The molecule has 6 rings (SSSR count). The number of hydrogen-bond donors (Lipinski definition) is 1. The van der Waals surface area contributed by atoms with Gasteiger partial charge in [0.15, 0.2) is 5.78 Å². The second-order valence-electron chi connectivity index (χ2n) is 12.2. The van der Waals surface area contributed by atoms with E-state index in [9.17, 15) is 9.90 Å². The number of nitrogens with zero attached hydrogens (tertiary/aromatic N) is 3. The Kier molecular flexibility index (Phi) is 5.19. The van der Waals surface area contributed by atoms with E-state index in [2.05, 4.69) is 17.2 Å². The predicted octanol–water partition coefficient (Wildman–Crippen LogP) is 5.67. The molecule has 0 amide bonds. The lowest BCUT2D eigenvalue weighted by molar-refractivity contribution is -0.133. The second kappa shape index (κ2) is 7.78. The summed E-state index contributed by atoms with van der Waals surface area (Å²) < 4.78 is 1.71. The third kappa shape index (κ3) is 3.48. The maximum Gasteiger partial charge on any atom is 0.157 e. The summed E-state index contributed by atoms with van der Waals surface area (Å²) in [4.78, 5) is 13.6. The number of Topliss-reactive ketones (excluding diaryl/α,β-unsaturated/α-hetero) is 1. The van der Waals surface area contributed by atoms with Gasteiger partial charge in [-0.1, -0.05) is 29.8 Å². The first kappa shape index (κ1) is 22.0. The van der Waals surface area contributed by atoms with E-state index in [0.717, 1.165) is 54.5 Å². The Morgan fingerprint density at radius 3 is 2.76 bits per heavy atom. The van der Waals surface area contributed by atoms with Crippen molar-refractivity contribution in [1.82, 2.24) is 15.0 Å². The highest BCUT2D eigenvalue weighted by Crippen LogP contribution is 2.64. The second-order valence-corrected chi connectivity index (χ2v) is 12.6. The lowest BCUT2D eigenvalue weighted by atomic mass is 9.49. The van der Waals surface area contributed by atoms with E-state index >= 15 is 0 Å². The van der Waals surface area contributed by atoms with Crippen LogP contribution in [-0.4, -0.2) is 31.5 Å². The van der Waals surface area contributed by atoms with Gasteiger partial charge >= 0.3 is 0 Å². The molecule has 0 spiro atoms. The maximum atomic E-state index is 13.6. The molecular formula is C27H36ClN3O2. The highest BCUT2D eigenvalue weighted by Gasteiger charge is 2.58. The summed E-state index contributed by atoms with van der Waals surface area (Å²) in [6, 6.07) is 5.60. The molecule has 0 aliphatic heterocycles. The van der Waals surface area contributed by atoms with E-state index in [0.29, 0.717) is 22.6 Å². The fraction of sp³-hybridized carbons (Fsp3) is 0.741. The fourth-order valence-corrected chi connectivity index (χ4v) is 9.23. The van der Waals surface area contributed by atoms with Crippen molar-refractivity contribution >= 4 is 28.4 Å². The summed E-state index contributed by atoms with van der Waals surface area (Å²) in [6.07, 6.45) is 10.3. The van der Waals surface area contributed by atoms with E-state index in [-0.39, 0.29) is 17.9 Å². The molecule has 1 N–H and O–H groups in total. The lowest BCUT2D eigenvalue weighted by Gasteiger charge is -2.56. The summed E-state index contributed by atoms with van der Waals surface area (Å²) in [5.41, 5.74) is 1.15. The number of carbonyl (C=O) groups excluding carboxylic acids is 1. The minimum Gasteiger partial charge on any atom is -0.390 e. The first-order valence-corrected chi connectivity index (χ1v) is 13.4. The van der Waals surface area contributed by atoms with Crippen molar-refractivity contribution in [2.45, 2.75) is 83.8 Å². The van der Waals surface area contributed by atoms with Gasteiger partial charge in [0.25, 0.3) is 0 Å². The summed E-state index contributed by atoms with van der Waals surface area (Å²) in [5.74, 6) is 4.10. The van der Waals surface area contributed by atoms with Crippen LogP contribution in [0, 0.1) is 40.9 Å². The molecule has 5 nitrogen and oxygen atoms in total. The van der Waals surface area contributed by atoms with Crippen LogP contribution < -0.4 is 0 Å². The van der Waals surface area contributed by atoms with E-state index in [1.54, 1.807) is 4.68 Å². The average Bonchev–Trinajstić information content (AvgIpc) is 3.34. The quantitative estimate of drug-likeness (QED) is 0.628. The number of rotatable bonds is 3. The van der Waals surface area contributed by atoms with Crippen LogP contribution in [0.25, 0.3) is 11.0 Å². The normalized spacial score (nSPS) is 42.5. The summed E-state index contributed by atoms with van der Waals surface area (Å²) in [7, 11) is 0. The largest absolute Gasteiger partial charge is 0.390 e. The zero-order valence-electron chi connectivity index (χ0n) is 19.8. The van der Waals surface area contributed by atoms with Gasteiger partial charge < -0.3 is 5.11 Å². The number of ketones is 1.